The lowest BCUT2D eigenvalue weighted by molar-refractivity contribution is -0.131. The Labute approximate surface area is 121 Å². The molecule has 5 nitrogen and oxygen atoms in total. The van der Waals surface area contributed by atoms with Crippen LogP contribution in [-0.4, -0.2) is 52.6 Å². The van der Waals surface area contributed by atoms with E-state index < -0.39 is 0 Å². The van der Waals surface area contributed by atoms with Crippen molar-refractivity contribution in [3.63, 3.8) is 0 Å². The fourth-order valence-electron chi connectivity index (χ4n) is 2.66. The maximum Gasteiger partial charge on any atom is 0.236 e. The lowest BCUT2D eigenvalue weighted by Crippen LogP contribution is -2.39. The molecule has 0 aliphatic carbocycles. The van der Waals surface area contributed by atoms with E-state index >= 15 is 0 Å². The summed E-state index contributed by atoms with van der Waals surface area (Å²) in [5.41, 5.74) is 2.13. The first kappa shape index (κ1) is 15.0. The number of likely N-dealkylation sites (tertiary alicyclic amines) is 1. The van der Waals surface area contributed by atoms with Crippen molar-refractivity contribution in [3.8, 4) is 0 Å². The molecule has 112 valence electrons. The number of nitrogens with zero attached hydrogens (tertiary/aromatic N) is 3. The van der Waals surface area contributed by atoms with Gasteiger partial charge in [-0.2, -0.15) is 5.10 Å². The molecule has 1 saturated heterocycles. The highest BCUT2D eigenvalue weighted by molar-refractivity contribution is 5.78. The van der Waals surface area contributed by atoms with Gasteiger partial charge in [0.2, 0.25) is 5.91 Å². The summed E-state index contributed by atoms with van der Waals surface area (Å²) in [6.45, 7) is 5.29. The molecule has 1 aliphatic heterocycles. The molecule has 0 atom stereocenters. The van der Waals surface area contributed by atoms with Crippen LogP contribution in [0, 0.1) is 6.92 Å². The van der Waals surface area contributed by atoms with E-state index in [1.807, 2.05) is 14.0 Å². The second-order valence-corrected chi connectivity index (χ2v) is 5.81. The highest BCUT2D eigenvalue weighted by atomic mass is 16.2. The number of hydrogen-bond acceptors (Lipinski definition) is 3. The van der Waals surface area contributed by atoms with Gasteiger partial charge in [0.1, 0.15) is 0 Å². The summed E-state index contributed by atoms with van der Waals surface area (Å²) in [4.78, 5) is 16.4. The molecule has 1 aliphatic rings. The molecular formula is C15H26N4O. The van der Waals surface area contributed by atoms with Crippen molar-refractivity contribution in [2.24, 2.45) is 0 Å². The number of hydrogen-bond donors (Lipinski definition) is 1. The molecule has 5 heteroatoms. The fourth-order valence-corrected chi connectivity index (χ4v) is 2.66. The second-order valence-electron chi connectivity index (χ2n) is 5.81. The predicted molar refractivity (Wildman–Crippen MR) is 79.3 cm³/mol. The van der Waals surface area contributed by atoms with Gasteiger partial charge in [0.15, 0.2) is 0 Å². The Morgan fingerprint density at radius 3 is 2.55 bits per heavy atom. The quantitative estimate of drug-likeness (QED) is 0.916. The van der Waals surface area contributed by atoms with E-state index in [2.05, 4.69) is 15.1 Å². The number of aryl methyl sites for hydroxylation is 1. The summed E-state index contributed by atoms with van der Waals surface area (Å²) in [7, 11) is 1.87. The van der Waals surface area contributed by atoms with Gasteiger partial charge >= 0.3 is 0 Å². The number of likely N-dealkylation sites (N-methyl/N-ethyl adjacent to an activating group) is 1. The topological polar surface area (TPSA) is 52.2 Å². The maximum atomic E-state index is 12.3. The summed E-state index contributed by atoms with van der Waals surface area (Å²) >= 11 is 0. The standard InChI is InChI=1S/C15H26N4O/c1-13-14(10-16-17-13)11-18(2)15(20)12-19-8-6-4-3-5-7-9-19/h10H,3-9,11-12H2,1-2H3,(H,16,17). The fraction of sp³-hybridized carbons (Fsp3) is 0.733. The largest absolute Gasteiger partial charge is 0.340 e. The van der Waals surface area contributed by atoms with E-state index in [-0.39, 0.29) is 5.91 Å². The van der Waals surface area contributed by atoms with Crippen LogP contribution in [0.25, 0.3) is 0 Å². The molecule has 0 saturated carbocycles. The van der Waals surface area contributed by atoms with Crippen molar-refractivity contribution in [2.45, 2.75) is 45.6 Å². The summed E-state index contributed by atoms with van der Waals surface area (Å²) in [5, 5.41) is 6.91. The third kappa shape index (κ3) is 4.34. The first-order chi connectivity index (χ1) is 9.66. The number of carbonyl (C=O) groups is 1. The van der Waals surface area contributed by atoms with Crippen LogP contribution in [0.1, 0.15) is 43.4 Å². The highest BCUT2D eigenvalue weighted by Crippen LogP contribution is 2.11. The summed E-state index contributed by atoms with van der Waals surface area (Å²) in [6.07, 6.45) is 8.19. The monoisotopic (exact) mass is 278 g/mol. The van der Waals surface area contributed by atoms with Crippen LogP contribution >= 0.6 is 0 Å². The number of nitrogens with one attached hydrogen (secondary N) is 1. The molecule has 1 aromatic rings. The van der Waals surface area contributed by atoms with Gasteiger partial charge < -0.3 is 4.90 Å². The van der Waals surface area contributed by atoms with E-state index in [0.29, 0.717) is 13.1 Å². The van der Waals surface area contributed by atoms with Crippen LogP contribution < -0.4 is 0 Å². The second kappa shape index (κ2) is 7.43. The smallest absolute Gasteiger partial charge is 0.236 e. The Balaban J connectivity index is 1.82. The van der Waals surface area contributed by atoms with Crippen LogP contribution in [0.4, 0.5) is 0 Å². The minimum Gasteiger partial charge on any atom is -0.340 e. The average molecular weight is 278 g/mol. The van der Waals surface area contributed by atoms with Crippen molar-refractivity contribution in [1.82, 2.24) is 20.0 Å². The van der Waals surface area contributed by atoms with Crippen LogP contribution in [0.15, 0.2) is 6.20 Å². The number of rotatable bonds is 4. The zero-order valence-electron chi connectivity index (χ0n) is 12.7. The van der Waals surface area contributed by atoms with Gasteiger partial charge in [-0.25, -0.2) is 0 Å². The zero-order valence-corrected chi connectivity index (χ0v) is 12.7. The molecular weight excluding hydrogens is 252 g/mol. The van der Waals surface area contributed by atoms with Gasteiger partial charge in [-0.1, -0.05) is 19.3 Å². The Morgan fingerprint density at radius 1 is 1.30 bits per heavy atom. The van der Waals surface area contributed by atoms with Crippen LogP contribution in [0.3, 0.4) is 0 Å². The van der Waals surface area contributed by atoms with Crippen molar-refractivity contribution in [2.75, 3.05) is 26.7 Å². The predicted octanol–water partition coefficient (Wildman–Crippen LogP) is 1.94. The first-order valence-corrected chi connectivity index (χ1v) is 7.62. The molecule has 0 radical (unpaired) electrons. The molecule has 1 aromatic heterocycles. The Kier molecular flexibility index (Phi) is 5.59. The first-order valence-electron chi connectivity index (χ1n) is 7.62. The highest BCUT2D eigenvalue weighted by Gasteiger charge is 2.16. The van der Waals surface area contributed by atoms with Crippen molar-refractivity contribution in [3.05, 3.63) is 17.5 Å². The zero-order chi connectivity index (χ0) is 14.4. The molecule has 20 heavy (non-hydrogen) atoms. The minimum atomic E-state index is 0.200. The normalized spacial score (nSPS) is 17.5. The van der Waals surface area contributed by atoms with Crippen LogP contribution in [0.2, 0.25) is 0 Å². The van der Waals surface area contributed by atoms with Crippen molar-refractivity contribution < 1.29 is 4.79 Å². The average Bonchev–Trinajstić information content (AvgIpc) is 2.78. The van der Waals surface area contributed by atoms with Crippen molar-refractivity contribution >= 4 is 5.91 Å². The summed E-state index contributed by atoms with van der Waals surface area (Å²) in [6, 6.07) is 0. The molecule has 0 unspecified atom stereocenters. The lowest BCUT2D eigenvalue weighted by atomic mass is 10.1. The lowest BCUT2D eigenvalue weighted by Gasteiger charge is -2.26. The van der Waals surface area contributed by atoms with Crippen LogP contribution in [-0.2, 0) is 11.3 Å². The number of amides is 1. The minimum absolute atomic E-state index is 0.200. The number of aromatic nitrogens is 2. The van der Waals surface area contributed by atoms with Crippen molar-refractivity contribution in [1.29, 1.82) is 0 Å². The van der Waals surface area contributed by atoms with Gasteiger partial charge in [0.05, 0.1) is 12.7 Å². The Hall–Kier alpha value is -1.36. The summed E-state index contributed by atoms with van der Waals surface area (Å²) < 4.78 is 0. The molecule has 1 fully saturated rings. The van der Waals surface area contributed by atoms with Gasteiger partial charge in [-0.15, -0.1) is 0 Å². The molecule has 0 aromatic carbocycles. The summed E-state index contributed by atoms with van der Waals surface area (Å²) in [5.74, 6) is 0.200. The van der Waals surface area contributed by atoms with Gasteiger partial charge in [-0.05, 0) is 32.9 Å². The molecule has 2 heterocycles. The number of carbonyl (C=O) groups excluding carboxylic acids is 1. The Morgan fingerprint density at radius 2 is 1.95 bits per heavy atom. The van der Waals surface area contributed by atoms with E-state index in [1.165, 1.54) is 32.1 Å². The van der Waals surface area contributed by atoms with Gasteiger partial charge in [0.25, 0.3) is 0 Å². The van der Waals surface area contributed by atoms with E-state index in [4.69, 9.17) is 0 Å². The van der Waals surface area contributed by atoms with Gasteiger partial charge in [-0.3, -0.25) is 14.8 Å². The van der Waals surface area contributed by atoms with E-state index in [9.17, 15) is 4.79 Å². The number of aromatic amines is 1. The Bertz CT molecular complexity index is 421. The third-order valence-corrected chi connectivity index (χ3v) is 4.08. The SMILES string of the molecule is Cc1[nH]ncc1CN(C)C(=O)CN1CCCCCCC1. The third-order valence-electron chi connectivity index (χ3n) is 4.08. The molecule has 0 spiro atoms. The van der Waals surface area contributed by atoms with Crippen LogP contribution in [0.5, 0.6) is 0 Å². The molecule has 0 bridgehead atoms. The molecule has 2 rings (SSSR count). The van der Waals surface area contributed by atoms with E-state index in [1.54, 1.807) is 11.1 Å². The molecule has 1 N–H and O–H groups in total. The maximum absolute atomic E-state index is 12.3. The van der Waals surface area contributed by atoms with E-state index in [0.717, 1.165) is 24.3 Å². The van der Waals surface area contributed by atoms with Gasteiger partial charge in [0, 0.05) is 24.8 Å². The molecule has 1 amide bonds. The number of H-pyrrole nitrogens is 1.